The molecule has 2 amide bonds. The van der Waals surface area contributed by atoms with Gasteiger partial charge in [0.1, 0.15) is 0 Å². The summed E-state index contributed by atoms with van der Waals surface area (Å²) in [5.74, 6) is -1.04. The Bertz CT molecular complexity index is 639. The highest BCUT2D eigenvalue weighted by atomic mass is 16.5. The topological polar surface area (TPSA) is 75.7 Å². The molecule has 1 aliphatic carbocycles. The fraction of sp³-hybridized carbons (Fsp3) is 0.471. The highest BCUT2D eigenvalue weighted by Gasteiger charge is 2.39. The highest BCUT2D eigenvalue weighted by Crippen LogP contribution is 2.31. The Morgan fingerprint density at radius 3 is 2.65 bits per heavy atom. The van der Waals surface area contributed by atoms with Crippen LogP contribution < -0.4 is 5.32 Å². The van der Waals surface area contributed by atoms with Gasteiger partial charge in [0.2, 0.25) is 11.8 Å². The van der Waals surface area contributed by atoms with Crippen molar-refractivity contribution in [3.63, 3.8) is 0 Å². The zero-order valence-corrected chi connectivity index (χ0v) is 13.1. The molecule has 2 aliphatic rings. The second-order valence-corrected chi connectivity index (χ2v) is 6.06. The molecule has 6 nitrogen and oxygen atoms in total. The smallest absolute Gasteiger partial charge is 0.339 e. The normalized spacial score (nSPS) is 21.0. The first-order valence-electron chi connectivity index (χ1n) is 7.88. The maximum absolute atomic E-state index is 12.5. The molecule has 1 heterocycles. The molecule has 1 unspecified atom stereocenters. The van der Waals surface area contributed by atoms with Crippen molar-refractivity contribution >= 4 is 23.5 Å². The molecule has 2 fully saturated rings. The predicted octanol–water partition coefficient (Wildman–Crippen LogP) is 1.81. The Morgan fingerprint density at radius 1 is 1.26 bits per heavy atom. The number of rotatable bonds is 4. The van der Waals surface area contributed by atoms with Gasteiger partial charge in [0, 0.05) is 19.0 Å². The van der Waals surface area contributed by atoms with Gasteiger partial charge in [-0.2, -0.15) is 0 Å². The van der Waals surface area contributed by atoms with Gasteiger partial charge >= 0.3 is 5.97 Å². The monoisotopic (exact) mass is 316 g/mol. The molecule has 3 rings (SSSR count). The number of likely N-dealkylation sites (tertiary alicyclic amines) is 1. The maximum Gasteiger partial charge on any atom is 0.339 e. The van der Waals surface area contributed by atoms with Crippen LogP contribution in [0, 0.1) is 5.92 Å². The minimum Gasteiger partial charge on any atom is -0.465 e. The molecule has 1 saturated heterocycles. The fourth-order valence-electron chi connectivity index (χ4n) is 3.07. The SMILES string of the molecule is COC(=O)c1ccccc1NC(=O)C1CC(=O)N(C2CCC2)C1. The van der Waals surface area contributed by atoms with Crippen LogP contribution in [-0.2, 0) is 14.3 Å². The van der Waals surface area contributed by atoms with Crippen molar-refractivity contribution < 1.29 is 19.1 Å². The Labute approximate surface area is 134 Å². The summed E-state index contributed by atoms with van der Waals surface area (Å²) in [7, 11) is 1.30. The van der Waals surface area contributed by atoms with Crippen LogP contribution in [0.25, 0.3) is 0 Å². The Balaban J connectivity index is 1.68. The lowest BCUT2D eigenvalue weighted by Crippen LogP contribution is -2.41. The number of hydrogen-bond donors (Lipinski definition) is 1. The van der Waals surface area contributed by atoms with E-state index in [4.69, 9.17) is 4.74 Å². The number of anilines is 1. The lowest BCUT2D eigenvalue weighted by molar-refractivity contribution is -0.131. The Hall–Kier alpha value is -2.37. The van der Waals surface area contributed by atoms with Crippen LogP contribution >= 0.6 is 0 Å². The molecule has 1 atom stereocenters. The zero-order valence-electron chi connectivity index (χ0n) is 13.1. The summed E-state index contributed by atoms with van der Waals surface area (Å²) in [6, 6.07) is 7.01. The third-order valence-corrected chi connectivity index (χ3v) is 4.63. The number of hydrogen-bond acceptors (Lipinski definition) is 4. The van der Waals surface area contributed by atoms with Crippen LogP contribution in [-0.4, -0.2) is 42.4 Å². The summed E-state index contributed by atoms with van der Waals surface area (Å²) < 4.78 is 4.72. The van der Waals surface area contributed by atoms with Crippen molar-refractivity contribution in [1.82, 2.24) is 4.90 Å². The molecule has 1 aromatic rings. The Morgan fingerprint density at radius 2 is 2.00 bits per heavy atom. The predicted molar refractivity (Wildman–Crippen MR) is 83.9 cm³/mol. The molecule has 1 N–H and O–H groups in total. The van der Waals surface area contributed by atoms with Crippen molar-refractivity contribution in [2.24, 2.45) is 5.92 Å². The number of nitrogens with zero attached hydrogens (tertiary/aromatic N) is 1. The summed E-state index contributed by atoms with van der Waals surface area (Å²) in [5, 5.41) is 2.77. The quantitative estimate of drug-likeness (QED) is 0.860. The minimum absolute atomic E-state index is 0.0519. The van der Waals surface area contributed by atoms with Crippen LogP contribution in [0.5, 0.6) is 0 Å². The van der Waals surface area contributed by atoms with Crippen LogP contribution in [0.3, 0.4) is 0 Å². The zero-order chi connectivity index (χ0) is 16.4. The van der Waals surface area contributed by atoms with Gasteiger partial charge in [-0.15, -0.1) is 0 Å². The molecule has 1 saturated carbocycles. The summed E-state index contributed by atoms with van der Waals surface area (Å²) in [6.07, 6.45) is 3.46. The van der Waals surface area contributed by atoms with Gasteiger partial charge in [-0.25, -0.2) is 4.79 Å². The summed E-state index contributed by atoms with van der Waals surface area (Å²) in [4.78, 5) is 38.1. The minimum atomic E-state index is -0.500. The second-order valence-electron chi connectivity index (χ2n) is 6.06. The van der Waals surface area contributed by atoms with Crippen molar-refractivity contribution in [1.29, 1.82) is 0 Å². The molecule has 122 valence electrons. The standard InChI is InChI=1S/C17H20N2O4/c1-23-17(22)13-7-2-3-8-14(13)18-16(21)11-9-15(20)19(10-11)12-5-4-6-12/h2-3,7-8,11-12H,4-6,9-10H2,1H3,(H,18,21). The van der Waals surface area contributed by atoms with E-state index < -0.39 is 5.97 Å². The van der Waals surface area contributed by atoms with E-state index in [0.717, 1.165) is 19.3 Å². The van der Waals surface area contributed by atoms with Crippen LogP contribution in [0.4, 0.5) is 5.69 Å². The summed E-state index contributed by atoms with van der Waals surface area (Å²) >= 11 is 0. The van der Waals surface area contributed by atoms with E-state index in [9.17, 15) is 14.4 Å². The first-order chi connectivity index (χ1) is 11.1. The van der Waals surface area contributed by atoms with Crippen LogP contribution in [0.1, 0.15) is 36.0 Å². The third-order valence-electron chi connectivity index (χ3n) is 4.63. The number of amides is 2. The van der Waals surface area contributed by atoms with E-state index in [1.165, 1.54) is 7.11 Å². The maximum atomic E-state index is 12.5. The average Bonchev–Trinajstić information content (AvgIpc) is 2.87. The van der Waals surface area contributed by atoms with Gasteiger partial charge in [-0.1, -0.05) is 12.1 Å². The molecule has 1 aromatic carbocycles. The van der Waals surface area contributed by atoms with Crippen molar-refractivity contribution in [2.75, 3.05) is 19.0 Å². The largest absolute Gasteiger partial charge is 0.465 e. The average molecular weight is 316 g/mol. The van der Waals surface area contributed by atoms with Gasteiger partial charge < -0.3 is 15.0 Å². The first kappa shape index (κ1) is 15.5. The van der Waals surface area contributed by atoms with E-state index in [0.29, 0.717) is 23.8 Å². The first-order valence-corrected chi connectivity index (χ1v) is 7.88. The van der Waals surface area contributed by atoms with Gasteiger partial charge in [-0.05, 0) is 31.4 Å². The molecule has 0 aromatic heterocycles. The number of carbonyl (C=O) groups is 3. The summed E-state index contributed by atoms with van der Waals surface area (Å²) in [5.41, 5.74) is 0.724. The summed E-state index contributed by atoms with van der Waals surface area (Å²) in [6.45, 7) is 0.468. The fourth-order valence-corrected chi connectivity index (χ4v) is 3.07. The molecule has 0 spiro atoms. The molecular weight excluding hydrogens is 296 g/mol. The number of esters is 1. The van der Waals surface area contributed by atoms with Gasteiger partial charge in [0.15, 0.2) is 0 Å². The number of carbonyl (C=O) groups excluding carboxylic acids is 3. The van der Waals surface area contributed by atoms with E-state index in [1.807, 2.05) is 4.90 Å². The van der Waals surface area contributed by atoms with E-state index in [-0.39, 0.29) is 24.2 Å². The second kappa shape index (κ2) is 6.40. The lowest BCUT2D eigenvalue weighted by atomic mass is 9.92. The van der Waals surface area contributed by atoms with Gasteiger partial charge in [0.05, 0.1) is 24.3 Å². The van der Waals surface area contributed by atoms with Crippen LogP contribution in [0.2, 0.25) is 0 Å². The highest BCUT2D eigenvalue weighted by molar-refractivity contribution is 6.03. The molecule has 0 radical (unpaired) electrons. The molecule has 1 aliphatic heterocycles. The van der Waals surface area contributed by atoms with E-state index >= 15 is 0 Å². The molecular formula is C17H20N2O4. The van der Waals surface area contributed by atoms with Crippen molar-refractivity contribution in [2.45, 2.75) is 31.7 Å². The molecule has 6 heteroatoms. The number of methoxy groups -OCH3 is 1. The Kier molecular flexibility index (Phi) is 4.32. The lowest BCUT2D eigenvalue weighted by Gasteiger charge is -2.34. The molecule has 0 bridgehead atoms. The number of ether oxygens (including phenoxy) is 1. The van der Waals surface area contributed by atoms with E-state index in [2.05, 4.69) is 5.32 Å². The van der Waals surface area contributed by atoms with Gasteiger partial charge in [-0.3, -0.25) is 9.59 Å². The number of nitrogens with one attached hydrogen (secondary N) is 1. The van der Waals surface area contributed by atoms with E-state index in [1.54, 1.807) is 24.3 Å². The van der Waals surface area contributed by atoms with Gasteiger partial charge in [0.25, 0.3) is 0 Å². The number of benzene rings is 1. The third kappa shape index (κ3) is 3.06. The number of para-hydroxylation sites is 1. The van der Waals surface area contributed by atoms with Crippen LogP contribution in [0.15, 0.2) is 24.3 Å². The van der Waals surface area contributed by atoms with Crippen molar-refractivity contribution in [3.8, 4) is 0 Å². The molecule has 23 heavy (non-hydrogen) atoms. The van der Waals surface area contributed by atoms with Crippen molar-refractivity contribution in [3.05, 3.63) is 29.8 Å².